The Morgan fingerprint density at radius 3 is 1.42 bits per heavy atom. The maximum Gasteiger partial charge on any atom is 0.180 e. The summed E-state index contributed by atoms with van der Waals surface area (Å²) in [5, 5.41) is 3.95. The summed E-state index contributed by atoms with van der Waals surface area (Å²) in [7, 11) is 4.96. The van der Waals surface area contributed by atoms with Gasteiger partial charge in [-0.25, -0.2) is 0 Å². The molecule has 0 atom stereocenters. The second-order valence-electron chi connectivity index (χ2n) is 5.91. The first kappa shape index (κ1) is 35.0. The van der Waals surface area contributed by atoms with Gasteiger partial charge in [-0.2, -0.15) is 0 Å². The van der Waals surface area contributed by atoms with Crippen molar-refractivity contribution in [2.75, 3.05) is 74.2 Å². The lowest BCUT2D eigenvalue weighted by atomic mass is 10.5. The third-order valence-corrected chi connectivity index (χ3v) is 4.74. The molecule has 2 rings (SSSR count). The van der Waals surface area contributed by atoms with Crippen molar-refractivity contribution in [3.8, 4) is 5.75 Å². The minimum atomic E-state index is -0.750. The van der Waals surface area contributed by atoms with E-state index in [1.54, 1.807) is 32.7 Å². The second kappa shape index (κ2) is 28.1. The van der Waals surface area contributed by atoms with Gasteiger partial charge in [-0.1, -0.05) is 34.8 Å². The van der Waals surface area contributed by atoms with Crippen molar-refractivity contribution in [2.45, 2.75) is 18.1 Å². The first-order chi connectivity index (χ1) is 15.9. The minimum Gasteiger partial charge on any atom is -0.490 e. The van der Waals surface area contributed by atoms with E-state index in [1.807, 2.05) is 28.2 Å². The molecule has 0 N–H and O–H groups in total. The number of ether oxygens (including phenoxy) is 6. The van der Waals surface area contributed by atoms with Gasteiger partial charge in [0.05, 0.1) is 46.2 Å². The molecule has 0 aromatic carbocycles. The summed E-state index contributed by atoms with van der Waals surface area (Å²) in [4.78, 5) is 2.80. The lowest BCUT2D eigenvalue weighted by Crippen LogP contribution is -2.09. The zero-order valence-electron chi connectivity index (χ0n) is 20.0. The molecular formula is C22H37Cl3O6S2. The fraction of sp³-hybridized carbons (Fsp3) is 0.636. The van der Waals surface area contributed by atoms with Crippen LogP contribution in [0.4, 0.5) is 0 Å². The van der Waals surface area contributed by atoms with E-state index in [0.29, 0.717) is 52.9 Å². The average Bonchev–Trinajstić information content (AvgIpc) is 3.42. The number of aryl methyl sites for hydroxylation is 2. The van der Waals surface area contributed by atoms with Crippen molar-refractivity contribution < 1.29 is 28.4 Å². The molecule has 0 aliphatic rings. The Kier molecular flexibility index (Phi) is 29.8. The fourth-order valence-electron chi connectivity index (χ4n) is 1.74. The predicted molar refractivity (Wildman–Crippen MR) is 142 cm³/mol. The first-order valence-electron chi connectivity index (χ1n) is 10.1. The summed E-state index contributed by atoms with van der Waals surface area (Å²) in [5.74, 6) is 0.917. The van der Waals surface area contributed by atoms with Crippen LogP contribution >= 0.6 is 57.5 Å². The Morgan fingerprint density at radius 1 is 0.697 bits per heavy atom. The van der Waals surface area contributed by atoms with Gasteiger partial charge in [-0.3, -0.25) is 0 Å². The van der Waals surface area contributed by atoms with E-state index in [4.69, 9.17) is 63.2 Å². The molecule has 33 heavy (non-hydrogen) atoms. The first-order valence-corrected chi connectivity index (χ1v) is 13.2. The van der Waals surface area contributed by atoms with Gasteiger partial charge < -0.3 is 28.4 Å². The van der Waals surface area contributed by atoms with E-state index >= 15 is 0 Å². The minimum absolute atomic E-state index is 0.598. The van der Waals surface area contributed by atoms with Crippen molar-refractivity contribution in [2.24, 2.45) is 0 Å². The van der Waals surface area contributed by atoms with E-state index in [2.05, 4.69) is 26.0 Å². The van der Waals surface area contributed by atoms with Gasteiger partial charge in [0, 0.05) is 36.5 Å². The Labute approximate surface area is 221 Å². The molecular weight excluding hydrogens is 531 g/mol. The van der Waals surface area contributed by atoms with E-state index in [0.717, 1.165) is 5.75 Å². The molecule has 0 aliphatic carbocycles. The van der Waals surface area contributed by atoms with Gasteiger partial charge >= 0.3 is 0 Å². The number of rotatable bonds is 13. The Bertz CT molecular complexity index is 575. The third-order valence-electron chi connectivity index (χ3n) is 3.16. The number of methoxy groups -OCH3 is 3. The lowest BCUT2D eigenvalue weighted by molar-refractivity contribution is 0.0385. The normalized spacial score (nSPS) is 9.85. The van der Waals surface area contributed by atoms with Gasteiger partial charge in [0.15, 0.2) is 4.30 Å². The molecule has 0 aliphatic heterocycles. The number of hydrogen-bond acceptors (Lipinski definition) is 8. The van der Waals surface area contributed by atoms with Crippen molar-refractivity contribution in [1.29, 1.82) is 0 Å². The standard InChI is InChI=1S/C9H14O3S.C6H14O3.C6H8S.CHCl3/c1-10-3-4-11-5-6-12-9-2-7-13-8-9;1-7-3-5-9-6-4-8-2;1-5-3-4-6(2)7-5;2-1(3)4/h2,7-8H,3-6H2,1H3;3-6H2,1-2H3;3-4H,1-2H3;1H. The maximum absolute atomic E-state index is 5.37. The predicted octanol–water partition coefficient (Wildman–Crippen LogP) is 6.44. The number of thiophene rings is 2. The highest BCUT2D eigenvalue weighted by atomic mass is 35.6. The van der Waals surface area contributed by atoms with Crippen molar-refractivity contribution in [1.82, 2.24) is 0 Å². The SMILES string of the molecule is COCCOCCOC.COCCOCCOc1ccsc1.Cc1ccc(C)s1.ClC(Cl)Cl. The molecule has 0 unspecified atom stereocenters. The quantitative estimate of drug-likeness (QED) is 0.205. The fourth-order valence-corrected chi connectivity index (χ4v) is 3.09. The van der Waals surface area contributed by atoms with Crippen LogP contribution in [0, 0.1) is 13.8 Å². The topological polar surface area (TPSA) is 55.4 Å². The van der Waals surface area contributed by atoms with Gasteiger partial charge in [-0.05, 0) is 37.4 Å². The summed E-state index contributed by atoms with van der Waals surface area (Å²) in [5.41, 5.74) is 0. The number of hydrogen-bond donors (Lipinski definition) is 0. The smallest absolute Gasteiger partial charge is 0.180 e. The highest BCUT2D eigenvalue weighted by Gasteiger charge is 1.92. The zero-order valence-corrected chi connectivity index (χ0v) is 23.9. The molecule has 11 heteroatoms. The molecule has 0 saturated heterocycles. The summed E-state index contributed by atoms with van der Waals surface area (Å²) in [6.07, 6.45) is 0. The van der Waals surface area contributed by atoms with Crippen molar-refractivity contribution in [3.05, 3.63) is 38.7 Å². The molecule has 6 nitrogen and oxygen atoms in total. The second-order valence-corrected chi connectivity index (χ2v) is 10.2. The summed E-state index contributed by atoms with van der Waals surface area (Å²) >= 11 is 17.9. The van der Waals surface area contributed by atoms with Crippen LogP contribution in [-0.4, -0.2) is 78.5 Å². The summed E-state index contributed by atoms with van der Waals surface area (Å²) in [6, 6.07) is 6.22. The van der Waals surface area contributed by atoms with E-state index in [1.165, 1.54) is 9.75 Å². The van der Waals surface area contributed by atoms with Gasteiger partial charge in [0.25, 0.3) is 0 Å². The molecule has 0 amide bonds. The molecule has 0 saturated carbocycles. The zero-order chi connectivity index (χ0) is 25.2. The summed E-state index contributed by atoms with van der Waals surface area (Å²) < 4.78 is 29.3. The average molecular weight is 568 g/mol. The van der Waals surface area contributed by atoms with Crippen LogP contribution in [-0.2, 0) is 23.7 Å². The van der Waals surface area contributed by atoms with Gasteiger partial charge in [-0.15, -0.1) is 22.7 Å². The van der Waals surface area contributed by atoms with Crippen LogP contribution in [0.1, 0.15) is 9.75 Å². The monoisotopic (exact) mass is 566 g/mol. The largest absolute Gasteiger partial charge is 0.490 e. The number of alkyl halides is 3. The molecule has 2 aromatic heterocycles. The Morgan fingerprint density at radius 2 is 1.12 bits per heavy atom. The van der Waals surface area contributed by atoms with Crippen molar-refractivity contribution in [3.63, 3.8) is 0 Å². The van der Waals surface area contributed by atoms with Gasteiger partial charge in [0.1, 0.15) is 12.4 Å². The molecule has 0 spiro atoms. The number of halogens is 3. The highest BCUT2D eigenvalue weighted by molar-refractivity contribution is 7.11. The van der Waals surface area contributed by atoms with E-state index in [9.17, 15) is 0 Å². The van der Waals surface area contributed by atoms with Crippen LogP contribution < -0.4 is 4.74 Å². The molecule has 2 heterocycles. The molecule has 194 valence electrons. The van der Waals surface area contributed by atoms with E-state index < -0.39 is 4.30 Å². The van der Waals surface area contributed by atoms with E-state index in [-0.39, 0.29) is 0 Å². The summed E-state index contributed by atoms with van der Waals surface area (Å²) in [6.45, 7) is 9.34. The Balaban J connectivity index is 0. The van der Waals surface area contributed by atoms with Crippen LogP contribution in [0.3, 0.4) is 0 Å². The highest BCUT2D eigenvalue weighted by Crippen LogP contribution is 2.14. The van der Waals surface area contributed by atoms with Crippen molar-refractivity contribution >= 4 is 57.5 Å². The van der Waals surface area contributed by atoms with Crippen LogP contribution in [0.5, 0.6) is 5.75 Å². The van der Waals surface area contributed by atoms with Crippen LogP contribution in [0.25, 0.3) is 0 Å². The lowest BCUT2D eigenvalue weighted by Gasteiger charge is -2.04. The molecule has 2 aromatic rings. The van der Waals surface area contributed by atoms with Gasteiger partial charge in [0.2, 0.25) is 0 Å². The van der Waals surface area contributed by atoms with Crippen LogP contribution in [0.2, 0.25) is 0 Å². The third kappa shape index (κ3) is 31.9. The molecule has 0 fully saturated rings. The molecule has 0 bridgehead atoms. The molecule has 0 radical (unpaired) electrons. The maximum atomic E-state index is 5.37. The Hall–Kier alpha value is -0.130. The van der Waals surface area contributed by atoms with Crippen LogP contribution in [0.15, 0.2) is 29.0 Å².